The molecular weight excluding hydrogens is 507 g/mol. The van der Waals surface area contributed by atoms with Crippen molar-refractivity contribution in [3.8, 4) is 11.5 Å². The molecule has 0 aliphatic rings. The van der Waals surface area contributed by atoms with Crippen molar-refractivity contribution < 1.29 is 14.3 Å². The zero-order valence-corrected chi connectivity index (χ0v) is 23.0. The molecule has 198 valence electrons. The van der Waals surface area contributed by atoms with Crippen LogP contribution in [0.2, 0.25) is 10.3 Å². The Morgan fingerprint density at radius 3 is 2.05 bits per heavy atom. The van der Waals surface area contributed by atoms with Gasteiger partial charge in [-0.05, 0) is 55.2 Å². The van der Waals surface area contributed by atoms with Crippen molar-refractivity contribution in [1.82, 2.24) is 4.98 Å². The minimum atomic E-state index is -0.300. The topological polar surface area (TPSA) is 60.5 Å². The molecule has 2 aromatic carbocycles. The summed E-state index contributed by atoms with van der Waals surface area (Å²) in [5, 5.41) is 3.20. The molecule has 37 heavy (non-hydrogen) atoms. The number of aryl methyl sites for hydroxylation is 1. The molecule has 0 aliphatic heterocycles. The van der Waals surface area contributed by atoms with Crippen LogP contribution in [0.4, 0.5) is 5.69 Å². The highest BCUT2D eigenvalue weighted by Gasteiger charge is 2.12. The number of pyridine rings is 1. The molecule has 7 heteroatoms. The Hall–Kier alpha value is -2.76. The number of carbonyl (C=O) groups excluding carboxylic acids is 1. The van der Waals surface area contributed by atoms with E-state index in [2.05, 4.69) is 40.6 Å². The van der Waals surface area contributed by atoms with E-state index >= 15 is 0 Å². The van der Waals surface area contributed by atoms with Crippen LogP contribution in [-0.2, 0) is 6.42 Å². The van der Waals surface area contributed by atoms with Gasteiger partial charge >= 0.3 is 0 Å². The Morgan fingerprint density at radius 1 is 0.784 bits per heavy atom. The summed E-state index contributed by atoms with van der Waals surface area (Å²) in [5.41, 5.74) is 2.36. The second-order valence-corrected chi connectivity index (χ2v) is 9.86. The highest BCUT2D eigenvalue weighted by molar-refractivity contribution is 6.33. The zero-order valence-electron chi connectivity index (χ0n) is 21.5. The number of methoxy groups -OCH3 is 1. The van der Waals surface area contributed by atoms with Crippen LogP contribution in [0.5, 0.6) is 11.5 Å². The molecular formula is C30H36Cl2N2O3. The average molecular weight is 544 g/mol. The monoisotopic (exact) mass is 542 g/mol. The third-order valence-corrected chi connectivity index (χ3v) is 6.54. The van der Waals surface area contributed by atoms with Crippen molar-refractivity contribution in [1.29, 1.82) is 0 Å². The lowest BCUT2D eigenvalue weighted by Gasteiger charge is -2.13. The smallest absolute Gasteiger partial charge is 0.255 e. The number of amides is 1. The SMILES string of the molecule is COc1ccc(C(=O)Nc2cc(Cl)nc(Cl)c2)cc1OCCCCCCCCCCCc1ccccc1. The van der Waals surface area contributed by atoms with E-state index in [-0.39, 0.29) is 16.2 Å². The van der Waals surface area contributed by atoms with Gasteiger partial charge in [0, 0.05) is 11.3 Å². The maximum Gasteiger partial charge on any atom is 0.255 e. The summed E-state index contributed by atoms with van der Waals surface area (Å²) >= 11 is 11.8. The van der Waals surface area contributed by atoms with Gasteiger partial charge in [-0.2, -0.15) is 0 Å². The van der Waals surface area contributed by atoms with Crippen molar-refractivity contribution in [2.45, 2.75) is 64.2 Å². The summed E-state index contributed by atoms with van der Waals surface area (Å²) in [6.45, 7) is 0.580. The third-order valence-electron chi connectivity index (χ3n) is 6.16. The van der Waals surface area contributed by atoms with Crippen LogP contribution in [0.25, 0.3) is 0 Å². The number of aromatic nitrogens is 1. The summed E-state index contributed by atoms with van der Waals surface area (Å²) in [7, 11) is 1.59. The van der Waals surface area contributed by atoms with Gasteiger partial charge in [-0.1, -0.05) is 98.5 Å². The van der Waals surface area contributed by atoms with E-state index in [4.69, 9.17) is 32.7 Å². The van der Waals surface area contributed by atoms with E-state index < -0.39 is 0 Å². The number of halogens is 2. The molecule has 0 spiro atoms. The van der Waals surface area contributed by atoms with Gasteiger partial charge in [0.25, 0.3) is 5.91 Å². The Kier molecular flexibility index (Phi) is 12.6. The molecule has 5 nitrogen and oxygen atoms in total. The van der Waals surface area contributed by atoms with E-state index in [1.165, 1.54) is 69.1 Å². The number of nitrogens with one attached hydrogen (secondary N) is 1. The van der Waals surface area contributed by atoms with E-state index in [0.717, 1.165) is 12.8 Å². The van der Waals surface area contributed by atoms with Crippen molar-refractivity contribution in [2.75, 3.05) is 19.0 Å². The van der Waals surface area contributed by atoms with Gasteiger partial charge in [-0.3, -0.25) is 4.79 Å². The first kappa shape index (κ1) is 28.8. The van der Waals surface area contributed by atoms with Crippen molar-refractivity contribution in [3.05, 3.63) is 82.1 Å². The highest BCUT2D eigenvalue weighted by atomic mass is 35.5. The van der Waals surface area contributed by atoms with E-state index in [1.54, 1.807) is 25.3 Å². The van der Waals surface area contributed by atoms with E-state index in [9.17, 15) is 4.79 Å². The fourth-order valence-corrected chi connectivity index (χ4v) is 4.63. The number of hydrogen-bond donors (Lipinski definition) is 1. The summed E-state index contributed by atoms with van der Waals surface area (Å²) in [6.07, 6.45) is 12.3. The Balaban J connectivity index is 1.30. The van der Waals surface area contributed by atoms with Crippen LogP contribution in [0.15, 0.2) is 60.7 Å². The van der Waals surface area contributed by atoms with Gasteiger partial charge < -0.3 is 14.8 Å². The molecule has 3 rings (SSSR count). The predicted molar refractivity (Wildman–Crippen MR) is 152 cm³/mol. The van der Waals surface area contributed by atoms with Gasteiger partial charge in [0.2, 0.25) is 0 Å². The van der Waals surface area contributed by atoms with Crippen molar-refractivity contribution in [2.24, 2.45) is 0 Å². The molecule has 0 unspecified atom stereocenters. The van der Waals surface area contributed by atoms with Gasteiger partial charge in [-0.15, -0.1) is 0 Å². The molecule has 3 aromatic rings. The summed E-state index contributed by atoms with van der Waals surface area (Å²) in [5.74, 6) is 0.848. The first-order valence-corrected chi connectivity index (χ1v) is 13.8. The lowest BCUT2D eigenvalue weighted by Crippen LogP contribution is -2.12. The minimum Gasteiger partial charge on any atom is -0.493 e. The number of ether oxygens (including phenoxy) is 2. The van der Waals surface area contributed by atoms with Gasteiger partial charge in [0.1, 0.15) is 10.3 Å². The van der Waals surface area contributed by atoms with E-state index in [0.29, 0.717) is 29.4 Å². The van der Waals surface area contributed by atoms with Gasteiger partial charge in [0.05, 0.1) is 13.7 Å². The van der Waals surface area contributed by atoms with Crippen molar-refractivity contribution in [3.63, 3.8) is 0 Å². The number of anilines is 1. The Morgan fingerprint density at radius 2 is 1.41 bits per heavy atom. The zero-order chi connectivity index (χ0) is 26.3. The maximum absolute atomic E-state index is 12.7. The van der Waals surface area contributed by atoms with Crippen molar-refractivity contribution >= 4 is 34.8 Å². The molecule has 0 radical (unpaired) electrons. The second kappa shape index (κ2) is 16.2. The summed E-state index contributed by atoms with van der Waals surface area (Å²) in [4.78, 5) is 16.6. The number of benzene rings is 2. The number of nitrogens with zero attached hydrogens (tertiary/aromatic N) is 1. The van der Waals surface area contributed by atoms with Crippen LogP contribution in [-0.4, -0.2) is 24.6 Å². The quantitative estimate of drug-likeness (QED) is 0.145. The van der Waals surface area contributed by atoms with Crippen LogP contribution >= 0.6 is 23.2 Å². The molecule has 0 saturated carbocycles. The maximum atomic E-state index is 12.7. The molecule has 1 aromatic heterocycles. The Labute approximate surface area is 230 Å². The van der Waals surface area contributed by atoms with Gasteiger partial charge in [0.15, 0.2) is 11.5 Å². The van der Waals surface area contributed by atoms with E-state index in [1.807, 2.05) is 0 Å². The standard InChI is InChI=1S/C30H36Cl2N2O3/c1-36-26-18-17-24(30(35)33-25-21-28(31)34-29(32)22-25)20-27(26)37-19-13-8-6-4-2-3-5-7-10-14-23-15-11-9-12-16-23/h9,11-12,15-18,20-22H,2-8,10,13-14,19H2,1H3,(H,33,34,35). The predicted octanol–water partition coefficient (Wildman–Crippen LogP) is 8.78. The number of hydrogen-bond acceptors (Lipinski definition) is 4. The molecule has 1 N–H and O–H groups in total. The average Bonchev–Trinajstić information content (AvgIpc) is 2.89. The minimum absolute atomic E-state index is 0.209. The highest BCUT2D eigenvalue weighted by Crippen LogP contribution is 2.29. The lowest BCUT2D eigenvalue weighted by atomic mass is 10.0. The van der Waals surface area contributed by atoms with Crippen LogP contribution in [0.1, 0.15) is 73.7 Å². The Bertz CT molecular complexity index is 1090. The lowest BCUT2D eigenvalue weighted by molar-refractivity contribution is 0.102. The third kappa shape index (κ3) is 10.6. The molecule has 1 amide bonds. The first-order valence-electron chi connectivity index (χ1n) is 13.0. The summed E-state index contributed by atoms with van der Waals surface area (Å²) < 4.78 is 11.4. The number of rotatable bonds is 16. The fraction of sp³-hybridized carbons (Fsp3) is 0.400. The first-order chi connectivity index (χ1) is 18.0. The normalized spacial score (nSPS) is 10.8. The second-order valence-electron chi connectivity index (χ2n) is 9.09. The van der Waals surface area contributed by atoms with Gasteiger partial charge in [-0.25, -0.2) is 4.98 Å². The van der Waals surface area contributed by atoms with Crippen LogP contribution < -0.4 is 14.8 Å². The molecule has 0 fully saturated rings. The summed E-state index contributed by atoms with van der Waals surface area (Å²) in [6, 6.07) is 18.9. The van der Waals surface area contributed by atoms with Crippen LogP contribution in [0.3, 0.4) is 0 Å². The molecule has 0 bridgehead atoms. The fourth-order valence-electron chi connectivity index (χ4n) is 4.17. The molecule has 0 aliphatic carbocycles. The molecule has 0 atom stereocenters. The largest absolute Gasteiger partial charge is 0.493 e. The number of unbranched alkanes of at least 4 members (excludes halogenated alkanes) is 8. The molecule has 0 saturated heterocycles. The number of carbonyl (C=O) groups is 1. The molecule has 1 heterocycles. The van der Waals surface area contributed by atoms with Crippen LogP contribution in [0, 0.1) is 0 Å².